The van der Waals surface area contributed by atoms with Crippen LogP contribution in [0, 0.1) is 13.8 Å². The number of hydrogen-bond acceptors (Lipinski definition) is 7. The van der Waals surface area contributed by atoms with Gasteiger partial charge in [-0.1, -0.05) is 16.8 Å². The molecule has 0 N–H and O–H groups in total. The van der Waals surface area contributed by atoms with Gasteiger partial charge in [0.15, 0.2) is 5.76 Å². The Hall–Kier alpha value is -1.71. The van der Waals surface area contributed by atoms with Crippen LogP contribution in [0.1, 0.15) is 42.5 Å². The molecule has 10 heteroatoms. The third-order valence-corrected chi connectivity index (χ3v) is 7.32. The second-order valence-corrected chi connectivity index (χ2v) is 9.34. The van der Waals surface area contributed by atoms with E-state index in [2.05, 4.69) is 20.0 Å². The van der Waals surface area contributed by atoms with Crippen molar-refractivity contribution in [2.24, 2.45) is 0 Å². The van der Waals surface area contributed by atoms with Crippen molar-refractivity contribution in [2.45, 2.75) is 43.9 Å². The lowest BCUT2D eigenvalue weighted by Gasteiger charge is -2.23. The number of halogens is 1. The monoisotopic (exact) mass is 411 g/mol. The summed E-state index contributed by atoms with van der Waals surface area (Å²) in [5.41, 5.74) is 0.394. The molecule has 0 amide bonds. The van der Waals surface area contributed by atoms with Crippen LogP contribution < -0.4 is 4.90 Å². The van der Waals surface area contributed by atoms with Crippen LogP contribution >= 0.6 is 11.6 Å². The first-order chi connectivity index (χ1) is 12.9. The predicted octanol–water partition coefficient (Wildman–Crippen LogP) is 2.51. The highest BCUT2D eigenvalue weighted by atomic mass is 35.5. The summed E-state index contributed by atoms with van der Waals surface area (Å²) in [5.74, 6) is 2.30. The minimum atomic E-state index is -3.64. The van der Waals surface area contributed by atoms with Gasteiger partial charge < -0.3 is 9.42 Å². The minimum absolute atomic E-state index is 0.178. The SMILES string of the molecule is Cc1noc(C)c1S(=O)(=O)N1CCCN(c2cc(Cl)nc(C3CC3)n2)CC1. The summed E-state index contributed by atoms with van der Waals surface area (Å²) in [6.45, 7) is 5.34. The van der Waals surface area contributed by atoms with Gasteiger partial charge in [-0.15, -0.1) is 0 Å². The second-order valence-electron chi connectivity index (χ2n) is 7.08. The highest BCUT2D eigenvalue weighted by Crippen LogP contribution is 2.39. The zero-order chi connectivity index (χ0) is 19.2. The Balaban J connectivity index is 1.54. The van der Waals surface area contributed by atoms with Gasteiger partial charge >= 0.3 is 0 Å². The summed E-state index contributed by atoms with van der Waals surface area (Å²) in [5, 5.41) is 4.22. The van der Waals surface area contributed by atoms with Crippen molar-refractivity contribution in [3.8, 4) is 0 Å². The molecule has 8 nitrogen and oxygen atoms in total. The second kappa shape index (κ2) is 7.03. The van der Waals surface area contributed by atoms with Crippen molar-refractivity contribution in [1.29, 1.82) is 0 Å². The molecule has 0 unspecified atom stereocenters. The third kappa shape index (κ3) is 3.68. The van der Waals surface area contributed by atoms with Crippen LogP contribution in [0.4, 0.5) is 5.82 Å². The quantitative estimate of drug-likeness (QED) is 0.713. The van der Waals surface area contributed by atoms with Gasteiger partial charge in [-0.2, -0.15) is 4.31 Å². The van der Waals surface area contributed by atoms with Gasteiger partial charge in [0, 0.05) is 38.2 Å². The molecule has 0 spiro atoms. The van der Waals surface area contributed by atoms with Gasteiger partial charge in [-0.3, -0.25) is 0 Å². The first kappa shape index (κ1) is 18.6. The maximum Gasteiger partial charge on any atom is 0.248 e. The molecule has 2 fully saturated rings. The van der Waals surface area contributed by atoms with E-state index in [0.29, 0.717) is 55.1 Å². The molecule has 146 valence electrons. The number of hydrogen-bond donors (Lipinski definition) is 0. The molecule has 0 radical (unpaired) electrons. The smallest absolute Gasteiger partial charge is 0.248 e. The lowest BCUT2D eigenvalue weighted by atomic mass is 10.3. The molecule has 2 aliphatic rings. The maximum absolute atomic E-state index is 13.1. The highest BCUT2D eigenvalue weighted by molar-refractivity contribution is 7.89. The Morgan fingerprint density at radius 2 is 1.93 bits per heavy atom. The molecule has 2 aromatic heterocycles. The summed E-state index contributed by atoms with van der Waals surface area (Å²) in [6, 6.07) is 1.76. The molecule has 3 heterocycles. The average molecular weight is 412 g/mol. The van der Waals surface area contributed by atoms with Crippen LogP contribution in [0.2, 0.25) is 5.15 Å². The van der Waals surface area contributed by atoms with Crippen molar-refractivity contribution < 1.29 is 12.9 Å². The van der Waals surface area contributed by atoms with E-state index in [9.17, 15) is 8.42 Å². The van der Waals surface area contributed by atoms with Crippen molar-refractivity contribution >= 4 is 27.4 Å². The molecular formula is C17H22ClN5O3S. The van der Waals surface area contributed by atoms with Crippen molar-refractivity contribution in [2.75, 3.05) is 31.1 Å². The van der Waals surface area contributed by atoms with Crippen molar-refractivity contribution in [1.82, 2.24) is 19.4 Å². The van der Waals surface area contributed by atoms with Gasteiger partial charge in [0.25, 0.3) is 0 Å². The van der Waals surface area contributed by atoms with E-state index in [1.807, 2.05) is 0 Å². The number of rotatable bonds is 4. The normalized spacial score (nSPS) is 19.3. The topological polar surface area (TPSA) is 92.4 Å². The predicted molar refractivity (Wildman–Crippen MR) is 101 cm³/mol. The Kier molecular flexibility index (Phi) is 4.85. The molecule has 2 aromatic rings. The fourth-order valence-corrected chi connectivity index (χ4v) is 5.39. The molecule has 0 bridgehead atoms. The minimum Gasteiger partial charge on any atom is -0.360 e. The molecule has 0 atom stereocenters. The van der Waals surface area contributed by atoms with Crippen molar-refractivity contribution in [3.63, 3.8) is 0 Å². The number of aromatic nitrogens is 3. The van der Waals surface area contributed by atoms with E-state index < -0.39 is 10.0 Å². The van der Waals surface area contributed by atoms with E-state index in [0.717, 1.165) is 24.5 Å². The van der Waals surface area contributed by atoms with E-state index in [1.165, 1.54) is 4.31 Å². The first-order valence-electron chi connectivity index (χ1n) is 9.08. The standard InChI is InChI=1S/C17H22ClN5O3S/c1-11-16(12(2)26-21-11)27(24,25)23-7-3-6-22(8-9-23)15-10-14(18)19-17(20-15)13-4-5-13/h10,13H,3-9H2,1-2H3. The molecule has 4 rings (SSSR count). The van der Waals surface area contributed by atoms with Crippen LogP contribution in [-0.2, 0) is 10.0 Å². The lowest BCUT2D eigenvalue weighted by molar-refractivity contribution is 0.389. The fourth-order valence-electron chi connectivity index (χ4n) is 3.44. The number of anilines is 1. The zero-order valence-electron chi connectivity index (χ0n) is 15.4. The Labute approximate surface area is 163 Å². The Bertz CT molecular complexity index is 938. The Morgan fingerprint density at radius 3 is 2.59 bits per heavy atom. The van der Waals surface area contributed by atoms with Gasteiger partial charge in [-0.25, -0.2) is 18.4 Å². The summed E-state index contributed by atoms with van der Waals surface area (Å²) in [6.07, 6.45) is 2.90. The van der Waals surface area contributed by atoms with Crippen LogP contribution in [0.5, 0.6) is 0 Å². The van der Waals surface area contributed by atoms with Crippen LogP contribution in [-0.4, -0.2) is 54.0 Å². The van der Waals surface area contributed by atoms with Crippen molar-refractivity contribution in [3.05, 3.63) is 28.5 Å². The van der Waals surface area contributed by atoms with Gasteiger partial charge in [-0.05, 0) is 33.1 Å². The van der Waals surface area contributed by atoms with Crippen LogP contribution in [0.25, 0.3) is 0 Å². The molecule has 27 heavy (non-hydrogen) atoms. The number of sulfonamides is 1. The fraction of sp³-hybridized carbons (Fsp3) is 0.588. The van der Waals surface area contributed by atoms with E-state index in [1.54, 1.807) is 19.9 Å². The molecule has 1 saturated heterocycles. The molecule has 1 aliphatic carbocycles. The zero-order valence-corrected chi connectivity index (χ0v) is 16.9. The van der Waals surface area contributed by atoms with E-state index in [4.69, 9.17) is 16.1 Å². The van der Waals surface area contributed by atoms with Crippen LogP contribution in [0.3, 0.4) is 0 Å². The summed E-state index contributed by atoms with van der Waals surface area (Å²) in [4.78, 5) is 11.3. The highest BCUT2D eigenvalue weighted by Gasteiger charge is 2.33. The van der Waals surface area contributed by atoms with E-state index >= 15 is 0 Å². The summed E-state index contributed by atoms with van der Waals surface area (Å²) in [7, 11) is -3.64. The van der Waals surface area contributed by atoms with Gasteiger partial charge in [0.1, 0.15) is 27.4 Å². The van der Waals surface area contributed by atoms with Crippen LogP contribution in [0.15, 0.2) is 15.5 Å². The number of aryl methyl sites for hydroxylation is 2. The average Bonchev–Trinajstić information content (AvgIpc) is 3.42. The molecular weight excluding hydrogens is 390 g/mol. The Morgan fingerprint density at radius 1 is 1.15 bits per heavy atom. The van der Waals surface area contributed by atoms with E-state index in [-0.39, 0.29) is 4.90 Å². The summed E-state index contributed by atoms with van der Waals surface area (Å²) < 4.78 is 32.7. The lowest BCUT2D eigenvalue weighted by Crippen LogP contribution is -2.35. The first-order valence-corrected chi connectivity index (χ1v) is 10.9. The number of nitrogens with zero attached hydrogens (tertiary/aromatic N) is 5. The largest absolute Gasteiger partial charge is 0.360 e. The molecule has 0 aromatic carbocycles. The third-order valence-electron chi connectivity index (χ3n) is 4.99. The van der Waals surface area contributed by atoms with Gasteiger partial charge in [0.05, 0.1) is 0 Å². The summed E-state index contributed by atoms with van der Waals surface area (Å²) >= 11 is 6.18. The van der Waals surface area contributed by atoms with Gasteiger partial charge in [0.2, 0.25) is 10.0 Å². The molecule has 1 aliphatic heterocycles. The maximum atomic E-state index is 13.1. The molecule has 1 saturated carbocycles.